The molecule has 0 heterocycles. The van der Waals surface area contributed by atoms with Crippen LogP contribution in [0.2, 0.25) is 0 Å². The molecule has 0 amide bonds. The van der Waals surface area contributed by atoms with Crippen LogP contribution in [-0.2, 0) is 0 Å². The second-order valence-corrected chi connectivity index (χ2v) is 4.82. The van der Waals surface area contributed by atoms with Crippen LogP contribution in [0.3, 0.4) is 0 Å². The monoisotopic (exact) mass is 222 g/mol. The minimum absolute atomic E-state index is 0.177. The number of aliphatic hydroxyl groups excluding tert-OH is 1. The van der Waals surface area contributed by atoms with E-state index in [1.165, 1.54) is 5.56 Å². The van der Waals surface area contributed by atoms with Crippen LogP contribution in [0.15, 0.2) is 18.2 Å². The molecule has 16 heavy (non-hydrogen) atoms. The molecule has 1 aromatic rings. The molecule has 1 aliphatic rings. The van der Waals surface area contributed by atoms with Gasteiger partial charge in [-0.3, -0.25) is 0 Å². The van der Waals surface area contributed by atoms with Crippen LogP contribution >= 0.6 is 0 Å². The molecule has 88 valence electrons. The van der Waals surface area contributed by atoms with Gasteiger partial charge in [-0.15, -0.1) is 0 Å². The lowest BCUT2D eigenvalue weighted by atomic mass is 9.98. The van der Waals surface area contributed by atoms with E-state index in [4.69, 9.17) is 9.84 Å². The van der Waals surface area contributed by atoms with E-state index in [1.54, 1.807) is 13.2 Å². The number of rotatable bonds is 4. The predicted octanol–water partition coefficient (Wildman–Crippen LogP) is 2.28. The lowest BCUT2D eigenvalue weighted by Gasteiger charge is -2.10. The molecule has 0 saturated heterocycles. The zero-order valence-electron chi connectivity index (χ0n) is 9.73. The smallest absolute Gasteiger partial charge is 0.160 e. The number of hydrogen-bond donors (Lipinski definition) is 2. The molecule has 1 saturated carbocycles. The van der Waals surface area contributed by atoms with Crippen molar-refractivity contribution in [2.75, 3.05) is 13.7 Å². The largest absolute Gasteiger partial charge is 0.504 e. The lowest BCUT2D eigenvalue weighted by Crippen LogP contribution is -2.00. The van der Waals surface area contributed by atoms with Crippen LogP contribution < -0.4 is 4.74 Å². The number of aromatic hydroxyl groups is 1. The van der Waals surface area contributed by atoms with Gasteiger partial charge in [-0.05, 0) is 41.9 Å². The van der Waals surface area contributed by atoms with Gasteiger partial charge in [0, 0.05) is 6.61 Å². The van der Waals surface area contributed by atoms with Gasteiger partial charge in [0.25, 0.3) is 0 Å². The van der Waals surface area contributed by atoms with Crippen molar-refractivity contribution in [2.45, 2.75) is 25.7 Å². The summed E-state index contributed by atoms with van der Waals surface area (Å²) in [4.78, 5) is 0. The summed E-state index contributed by atoms with van der Waals surface area (Å²) in [5.41, 5.74) is 1.40. The number of aliphatic hydroxyl groups is 1. The Labute approximate surface area is 95.7 Å². The fourth-order valence-corrected chi connectivity index (χ4v) is 2.37. The predicted molar refractivity (Wildman–Crippen MR) is 61.8 cm³/mol. The third-order valence-electron chi connectivity index (χ3n) is 3.64. The summed E-state index contributed by atoms with van der Waals surface area (Å²) >= 11 is 0. The summed E-state index contributed by atoms with van der Waals surface area (Å²) in [6.45, 7) is 2.43. The first-order valence-electron chi connectivity index (χ1n) is 5.58. The molecule has 0 aliphatic heterocycles. The molecule has 2 N–H and O–H groups in total. The van der Waals surface area contributed by atoms with Gasteiger partial charge in [0.1, 0.15) is 0 Å². The van der Waals surface area contributed by atoms with Crippen LogP contribution in [-0.4, -0.2) is 23.9 Å². The molecule has 1 aromatic carbocycles. The van der Waals surface area contributed by atoms with Crippen molar-refractivity contribution in [1.82, 2.24) is 0 Å². The highest BCUT2D eigenvalue weighted by Gasteiger charge is 2.50. The number of methoxy groups -OCH3 is 1. The highest BCUT2D eigenvalue weighted by Crippen LogP contribution is 2.61. The maximum absolute atomic E-state index is 9.51. The summed E-state index contributed by atoms with van der Waals surface area (Å²) in [6.07, 6.45) is 1.93. The van der Waals surface area contributed by atoms with Gasteiger partial charge in [0.2, 0.25) is 0 Å². The Hall–Kier alpha value is -1.22. The van der Waals surface area contributed by atoms with Gasteiger partial charge in [-0.25, -0.2) is 0 Å². The molecule has 0 aromatic heterocycles. The summed E-state index contributed by atoms with van der Waals surface area (Å²) in [5.74, 6) is 1.18. The first kappa shape index (κ1) is 11.3. The maximum Gasteiger partial charge on any atom is 0.160 e. The van der Waals surface area contributed by atoms with Crippen molar-refractivity contribution in [3.05, 3.63) is 23.8 Å². The van der Waals surface area contributed by atoms with E-state index in [0.717, 1.165) is 12.8 Å². The van der Waals surface area contributed by atoms with Gasteiger partial charge >= 0.3 is 0 Å². The molecule has 1 aliphatic carbocycles. The Morgan fingerprint density at radius 3 is 2.88 bits per heavy atom. The first-order valence-corrected chi connectivity index (χ1v) is 5.58. The number of hydrogen-bond acceptors (Lipinski definition) is 3. The van der Waals surface area contributed by atoms with Crippen molar-refractivity contribution in [3.8, 4) is 11.5 Å². The topological polar surface area (TPSA) is 49.7 Å². The maximum atomic E-state index is 9.51. The van der Waals surface area contributed by atoms with Gasteiger partial charge < -0.3 is 14.9 Å². The van der Waals surface area contributed by atoms with Gasteiger partial charge in [0.15, 0.2) is 11.5 Å². The average Bonchev–Trinajstić information content (AvgIpc) is 2.92. The Balaban J connectivity index is 2.18. The Morgan fingerprint density at radius 1 is 1.50 bits per heavy atom. The van der Waals surface area contributed by atoms with Crippen molar-refractivity contribution in [3.63, 3.8) is 0 Å². The normalized spacial score (nSPS) is 27.8. The molecule has 3 nitrogen and oxygen atoms in total. The Kier molecular flexibility index (Phi) is 2.80. The molecule has 1 fully saturated rings. The fourth-order valence-electron chi connectivity index (χ4n) is 2.37. The van der Waals surface area contributed by atoms with Crippen LogP contribution in [0, 0.1) is 5.41 Å². The molecule has 2 atom stereocenters. The van der Waals surface area contributed by atoms with E-state index in [0.29, 0.717) is 11.7 Å². The fraction of sp³-hybridized carbons (Fsp3) is 0.538. The molecular weight excluding hydrogens is 204 g/mol. The third-order valence-corrected chi connectivity index (χ3v) is 3.64. The van der Waals surface area contributed by atoms with E-state index in [1.807, 2.05) is 12.1 Å². The Morgan fingerprint density at radius 2 is 2.25 bits per heavy atom. The summed E-state index contributed by atoms with van der Waals surface area (Å²) < 4.78 is 5.09. The molecule has 0 spiro atoms. The Bertz CT molecular complexity index is 389. The summed E-state index contributed by atoms with van der Waals surface area (Å²) in [6, 6.07) is 5.50. The van der Waals surface area contributed by atoms with Crippen molar-refractivity contribution >= 4 is 0 Å². The highest BCUT2D eigenvalue weighted by molar-refractivity contribution is 5.44. The van der Waals surface area contributed by atoms with Crippen LogP contribution in [0.5, 0.6) is 11.5 Å². The average molecular weight is 222 g/mol. The SMILES string of the molecule is COc1cc(C2CC2(C)CCO)ccc1O. The molecule has 3 heteroatoms. The van der Waals surface area contributed by atoms with E-state index < -0.39 is 0 Å². The first-order chi connectivity index (χ1) is 7.60. The summed E-state index contributed by atoms with van der Waals surface area (Å²) in [5, 5.41) is 18.5. The van der Waals surface area contributed by atoms with E-state index in [9.17, 15) is 5.11 Å². The van der Waals surface area contributed by atoms with E-state index in [-0.39, 0.29) is 17.8 Å². The van der Waals surface area contributed by atoms with Gasteiger partial charge in [-0.1, -0.05) is 13.0 Å². The van der Waals surface area contributed by atoms with Crippen molar-refractivity contribution in [1.29, 1.82) is 0 Å². The number of ether oxygens (including phenoxy) is 1. The molecule has 2 rings (SSSR count). The molecule has 0 radical (unpaired) electrons. The second kappa shape index (κ2) is 3.98. The van der Waals surface area contributed by atoms with E-state index in [2.05, 4.69) is 6.92 Å². The zero-order valence-corrected chi connectivity index (χ0v) is 9.73. The van der Waals surface area contributed by atoms with Crippen LogP contribution in [0.25, 0.3) is 0 Å². The van der Waals surface area contributed by atoms with Crippen molar-refractivity contribution < 1.29 is 14.9 Å². The highest BCUT2D eigenvalue weighted by atomic mass is 16.5. The zero-order chi connectivity index (χ0) is 11.8. The lowest BCUT2D eigenvalue weighted by molar-refractivity contribution is 0.253. The molecular formula is C13H18O3. The van der Waals surface area contributed by atoms with Crippen molar-refractivity contribution in [2.24, 2.45) is 5.41 Å². The minimum atomic E-state index is 0.177. The van der Waals surface area contributed by atoms with E-state index >= 15 is 0 Å². The van der Waals surface area contributed by atoms with Gasteiger partial charge in [-0.2, -0.15) is 0 Å². The molecule has 0 bridgehead atoms. The third kappa shape index (κ3) is 1.87. The standard InChI is InChI=1S/C13H18O3/c1-13(5-6-14)8-10(13)9-3-4-11(15)12(7-9)16-2/h3-4,7,10,14-15H,5-6,8H2,1-2H3. The second-order valence-electron chi connectivity index (χ2n) is 4.82. The van der Waals surface area contributed by atoms with Gasteiger partial charge in [0.05, 0.1) is 7.11 Å². The minimum Gasteiger partial charge on any atom is -0.504 e. The molecule has 2 unspecified atom stereocenters. The van der Waals surface area contributed by atoms with Crippen LogP contribution in [0.4, 0.5) is 0 Å². The quantitative estimate of drug-likeness (QED) is 0.821. The van der Waals surface area contributed by atoms with Crippen LogP contribution in [0.1, 0.15) is 31.2 Å². The number of phenols is 1. The number of benzene rings is 1. The summed E-state index contributed by atoms with van der Waals surface area (Å²) in [7, 11) is 1.55. The number of phenolic OH excluding ortho intramolecular Hbond substituents is 1.